The lowest BCUT2D eigenvalue weighted by Gasteiger charge is -2.29. The molecule has 0 atom stereocenters. The number of carbonyl (C=O) groups excluding carboxylic acids is 2. The third-order valence-electron chi connectivity index (χ3n) is 5.43. The molecule has 144 valence electrons. The van der Waals surface area contributed by atoms with Gasteiger partial charge in [0, 0.05) is 11.1 Å². The molecule has 2 amide bonds. The zero-order chi connectivity index (χ0) is 20.7. The van der Waals surface area contributed by atoms with E-state index in [1.165, 1.54) is 4.90 Å². The largest absolute Gasteiger partial charge is 0.268 e. The molecule has 0 saturated heterocycles. The molecule has 3 heteroatoms. The van der Waals surface area contributed by atoms with Gasteiger partial charge in [0.2, 0.25) is 0 Å². The number of rotatable bonds is 2. The van der Waals surface area contributed by atoms with E-state index in [0.29, 0.717) is 22.4 Å². The summed E-state index contributed by atoms with van der Waals surface area (Å²) in [6, 6.07) is 29.0. The van der Waals surface area contributed by atoms with Gasteiger partial charge in [-0.2, -0.15) is 0 Å². The summed E-state index contributed by atoms with van der Waals surface area (Å²) in [6.07, 6.45) is 1.88. The molecule has 0 fully saturated rings. The van der Waals surface area contributed by atoms with Gasteiger partial charge in [0.25, 0.3) is 11.8 Å². The van der Waals surface area contributed by atoms with Crippen molar-refractivity contribution in [1.29, 1.82) is 0 Å². The van der Waals surface area contributed by atoms with Crippen molar-refractivity contribution in [2.24, 2.45) is 0 Å². The van der Waals surface area contributed by atoms with E-state index in [9.17, 15) is 9.59 Å². The summed E-state index contributed by atoms with van der Waals surface area (Å²) in [5.74, 6) is -0.602. The van der Waals surface area contributed by atoms with E-state index < -0.39 is 0 Å². The molecular weight excluding hydrogens is 370 g/mol. The fourth-order valence-corrected chi connectivity index (χ4v) is 3.96. The Labute approximate surface area is 174 Å². The Kier molecular flexibility index (Phi) is 4.29. The topological polar surface area (TPSA) is 37.4 Å². The molecule has 1 heterocycles. The first-order valence-corrected chi connectivity index (χ1v) is 9.87. The monoisotopic (exact) mass is 389 g/mol. The normalized spacial score (nSPS) is 15.0. The standard InChI is InChI=1S/C27H19NO2/c1-18-7-6-10-22(15-18)28-26(29)24-12-5-4-11-23(24)25(27(28)30)17-19-13-14-20-8-2-3-9-21(20)16-19/h2-17H,1H3/b25-17-. The molecular formula is C27H19NO2. The molecule has 0 aromatic heterocycles. The second-order valence-corrected chi connectivity index (χ2v) is 7.49. The van der Waals surface area contributed by atoms with Crippen LogP contribution in [0.15, 0.2) is 91.0 Å². The smallest absolute Gasteiger partial charge is 0.265 e. The van der Waals surface area contributed by atoms with Crippen LogP contribution >= 0.6 is 0 Å². The second kappa shape index (κ2) is 7.12. The minimum atomic E-state index is -0.308. The number of fused-ring (bicyclic) bond motifs is 2. The van der Waals surface area contributed by atoms with Gasteiger partial charge in [-0.05, 0) is 64.7 Å². The molecule has 0 radical (unpaired) electrons. The van der Waals surface area contributed by atoms with Gasteiger partial charge in [0.05, 0.1) is 5.69 Å². The lowest BCUT2D eigenvalue weighted by atomic mass is 9.91. The summed E-state index contributed by atoms with van der Waals surface area (Å²) < 4.78 is 0. The van der Waals surface area contributed by atoms with E-state index in [1.54, 1.807) is 12.1 Å². The van der Waals surface area contributed by atoms with Crippen LogP contribution in [0.2, 0.25) is 0 Å². The van der Waals surface area contributed by atoms with E-state index in [2.05, 4.69) is 18.2 Å². The Morgan fingerprint density at radius 3 is 2.20 bits per heavy atom. The number of amides is 2. The maximum absolute atomic E-state index is 13.5. The van der Waals surface area contributed by atoms with Crippen LogP contribution in [0.4, 0.5) is 5.69 Å². The fourth-order valence-electron chi connectivity index (χ4n) is 3.96. The number of aryl methyl sites for hydroxylation is 1. The zero-order valence-electron chi connectivity index (χ0n) is 16.5. The highest BCUT2D eigenvalue weighted by Gasteiger charge is 2.35. The van der Waals surface area contributed by atoms with Gasteiger partial charge >= 0.3 is 0 Å². The minimum absolute atomic E-state index is 0.295. The summed E-state index contributed by atoms with van der Waals surface area (Å²) in [5.41, 5.74) is 4.22. The molecule has 3 nitrogen and oxygen atoms in total. The summed E-state index contributed by atoms with van der Waals surface area (Å²) in [5, 5.41) is 2.25. The number of benzene rings is 4. The molecule has 1 aliphatic rings. The van der Waals surface area contributed by atoms with Crippen molar-refractivity contribution in [1.82, 2.24) is 0 Å². The maximum Gasteiger partial charge on any atom is 0.265 e. The number of hydrogen-bond acceptors (Lipinski definition) is 2. The summed E-state index contributed by atoms with van der Waals surface area (Å²) in [6.45, 7) is 1.95. The third-order valence-corrected chi connectivity index (χ3v) is 5.43. The molecule has 0 aliphatic carbocycles. The highest BCUT2D eigenvalue weighted by Crippen LogP contribution is 2.34. The van der Waals surface area contributed by atoms with Gasteiger partial charge in [-0.3, -0.25) is 9.59 Å². The SMILES string of the molecule is Cc1cccc(N2C(=O)/C(=C\c3ccc4ccccc4c3)c3ccccc3C2=O)c1. The second-order valence-electron chi connectivity index (χ2n) is 7.49. The maximum atomic E-state index is 13.5. The molecule has 4 aromatic carbocycles. The molecule has 30 heavy (non-hydrogen) atoms. The van der Waals surface area contributed by atoms with Gasteiger partial charge in [0.15, 0.2) is 0 Å². The quantitative estimate of drug-likeness (QED) is 0.317. The van der Waals surface area contributed by atoms with Crippen molar-refractivity contribution in [3.8, 4) is 0 Å². The molecule has 0 saturated carbocycles. The van der Waals surface area contributed by atoms with Crippen molar-refractivity contribution in [3.05, 3.63) is 113 Å². The summed E-state index contributed by atoms with van der Waals surface area (Å²) in [7, 11) is 0. The molecule has 0 spiro atoms. The lowest BCUT2D eigenvalue weighted by molar-refractivity contribution is -0.112. The number of nitrogens with zero attached hydrogens (tertiary/aromatic N) is 1. The first-order valence-electron chi connectivity index (χ1n) is 9.87. The van der Waals surface area contributed by atoms with Gasteiger partial charge in [-0.25, -0.2) is 4.90 Å². The van der Waals surface area contributed by atoms with Gasteiger partial charge in [-0.15, -0.1) is 0 Å². The minimum Gasteiger partial charge on any atom is -0.268 e. The van der Waals surface area contributed by atoms with Crippen molar-refractivity contribution in [3.63, 3.8) is 0 Å². The highest BCUT2D eigenvalue weighted by molar-refractivity contribution is 6.43. The summed E-state index contributed by atoms with van der Waals surface area (Å²) >= 11 is 0. The first kappa shape index (κ1) is 18.1. The number of imide groups is 1. The first-order chi connectivity index (χ1) is 14.6. The average Bonchev–Trinajstić information content (AvgIpc) is 2.77. The van der Waals surface area contributed by atoms with Crippen LogP contribution < -0.4 is 4.90 Å². The van der Waals surface area contributed by atoms with E-state index in [1.807, 2.05) is 73.7 Å². The van der Waals surface area contributed by atoms with Crippen LogP contribution in [0.25, 0.3) is 22.4 Å². The number of hydrogen-bond donors (Lipinski definition) is 0. The summed E-state index contributed by atoms with van der Waals surface area (Å²) in [4.78, 5) is 28.0. The van der Waals surface area contributed by atoms with E-state index >= 15 is 0 Å². The zero-order valence-corrected chi connectivity index (χ0v) is 16.5. The van der Waals surface area contributed by atoms with Crippen molar-refractivity contribution >= 4 is 39.9 Å². The predicted molar refractivity (Wildman–Crippen MR) is 121 cm³/mol. The Hall–Kier alpha value is -3.98. The highest BCUT2D eigenvalue weighted by atomic mass is 16.2. The van der Waals surface area contributed by atoms with Crippen LogP contribution in [-0.2, 0) is 4.79 Å². The van der Waals surface area contributed by atoms with Crippen molar-refractivity contribution in [2.45, 2.75) is 6.92 Å². The Morgan fingerprint density at radius 1 is 0.667 bits per heavy atom. The number of carbonyl (C=O) groups is 2. The van der Waals surface area contributed by atoms with E-state index in [-0.39, 0.29) is 11.8 Å². The fraction of sp³-hybridized carbons (Fsp3) is 0.0370. The van der Waals surface area contributed by atoms with Gasteiger partial charge < -0.3 is 0 Å². The van der Waals surface area contributed by atoms with Crippen LogP contribution in [0, 0.1) is 6.92 Å². The molecule has 0 bridgehead atoms. The Balaban J connectivity index is 1.69. The average molecular weight is 389 g/mol. The van der Waals surface area contributed by atoms with E-state index in [0.717, 1.165) is 21.9 Å². The van der Waals surface area contributed by atoms with Crippen LogP contribution in [0.1, 0.15) is 27.0 Å². The van der Waals surface area contributed by atoms with Crippen LogP contribution in [-0.4, -0.2) is 11.8 Å². The predicted octanol–water partition coefficient (Wildman–Crippen LogP) is 5.88. The molecule has 4 aromatic rings. The molecule has 5 rings (SSSR count). The van der Waals surface area contributed by atoms with Crippen molar-refractivity contribution in [2.75, 3.05) is 4.90 Å². The van der Waals surface area contributed by atoms with Crippen molar-refractivity contribution < 1.29 is 9.59 Å². The van der Waals surface area contributed by atoms with Crippen LogP contribution in [0.3, 0.4) is 0 Å². The Bertz CT molecular complexity index is 1350. The lowest BCUT2D eigenvalue weighted by Crippen LogP contribution is -2.41. The molecule has 0 unspecified atom stereocenters. The molecule has 1 aliphatic heterocycles. The van der Waals surface area contributed by atoms with Gasteiger partial charge in [-0.1, -0.05) is 66.7 Å². The molecule has 0 N–H and O–H groups in total. The Morgan fingerprint density at radius 2 is 1.40 bits per heavy atom. The van der Waals surface area contributed by atoms with Gasteiger partial charge in [0.1, 0.15) is 0 Å². The third kappa shape index (κ3) is 3.01. The van der Waals surface area contributed by atoms with Crippen LogP contribution in [0.5, 0.6) is 0 Å². The number of anilines is 1. The van der Waals surface area contributed by atoms with E-state index in [4.69, 9.17) is 0 Å².